The van der Waals surface area contributed by atoms with Gasteiger partial charge in [-0.05, 0) is 99.2 Å². The van der Waals surface area contributed by atoms with Gasteiger partial charge in [-0.25, -0.2) is 0 Å². The van der Waals surface area contributed by atoms with Crippen LogP contribution in [0.15, 0.2) is 165 Å². The summed E-state index contributed by atoms with van der Waals surface area (Å²) in [5.74, 6) is 0. The van der Waals surface area contributed by atoms with Crippen LogP contribution < -0.4 is 41.6 Å². The number of benzene rings is 6. The molecule has 0 amide bonds. The Morgan fingerprint density at radius 3 is 1.25 bits per heavy atom. The molecule has 0 N–H and O–H groups in total. The lowest BCUT2D eigenvalue weighted by Crippen LogP contribution is -2.71. The number of rotatable bonds is 4. The summed E-state index contributed by atoms with van der Waals surface area (Å²) in [6.07, 6.45) is 11.0. The molecule has 0 bridgehead atoms. The Morgan fingerprint density at radius 1 is 0.406 bits per heavy atom. The molecule has 0 aromatic heterocycles. The molecule has 324 valence electrons. The second-order valence-electron chi connectivity index (χ2n) is 18.9. The summed E-state index contributed by atoms with van der Waals surface area (Å²) in [5, 5.41) is 5.56. The maximum absolute atomic E-state index is 15.9. The summed E-state index contributed by atoms with van der Waals surface area (Å²) in [4.78, 5) is 9.80. The van der Waals surface area contributed by atoms with Gasteiger partial charge in [0.05, 0.1) is 48.6 Å². The van der Waals surface area contributed by atoms with E-state index in [1.54, 1.807) is 23.5 Å². The average Bonchev–Trinajstić information content (AvgIpc) is 3.35. The van der Waals surface area contributed by atoms with Crippen LogP contribution in [-0.4, -0.2) is 48.6 Å². The van der Waals surface area contributed by atoms with Crippen molar-refractivity contribution in [2.24, 2.45) is 0 Å². The molecule has 0 radical (unpaired) electrons. The van der Waals surface area contributed by atoms with Crippen molar-refractivity contribution >= 4 is 81.0 Å². The SMILES string of the molecule is O=P1(c2ccccc2)c2ccccc2Sc2ccc(N3C4CCCCC4OC4CC5C(CC43)OC3CCCCC3N5c3ccc4c(c3)P(=O)(c3ccccc3)c3ccccc3S4)cc21. The number of hydrogen-bond acceptors (Lipinski definition) is 8. The standard InChI is InChI=1S/C54H52N2O4P2S2/c57-61(37-15-3-1-4-16-37)47-23-11-13-25-51(47)63-53-29-27-35(31-49(53)61)55-39-19-7-9-21-43(39)59-45-34-42-46(33-41(45)55)60-44-22-10-8-20-40(44)56(42)36-28-30-54-50(32-36)62(58,38-17-5-2-6-18-38)48-24-12-14-26-52(48)64-54/h1-6,11-18,23-32,39-46H,7-10,19-22,33-34H2. The molecule has 6 aromatic carbocycles. The second kappa shape index (κ2) is 15.8. The number of hydrogen-bond donors (Lipinski definition) is 0. The van der Waals surface area contributed by atoms with Gasteiger partial charge in [0.2, 0.25) is 0 Å². The van der Waals surface area contributed by atoms with E-state index in [2.05, 4.69) is 107 Å². The molecule has 3 saturated carbocycles. The molecule has 3 aliphatic carbocycles. The molecular formula is C54H52N2O4P2S2. The minimum Gasteiger partial charge on any atom is -0.371 e. The van der Waals surface area contributed by atoms with Crippen LogP contribution in [0.4, 0.5) is 11.4 Å². The summed E-state index contributed by atoms with van der Waals surface area (Å²) in [6.45, 7) is 0. The zero-order valence-corrected chi connectivity index (χ0v) is 39.2. The van der Waals surface area contributed by atoms with Crippen LogP contribution in [-0.2, 0) is 18.6 Å². The van der Waals surface area contributed by atoms with Crippen molar-refractivity contribution in [3.63, 3.8) is 0 Å². The van der Waals surface area contributed by atoms with Gasteiger partial charge >= 0.3 is 0 Å². The van der Waals surface area contributed by atoms with Gasteiger partial charge in [0.15, 0.2) is 14.3 Å². The fourth-order valence-corrected chi connectivity index (χ4v) is 22.1. The number of morpholine rings is 2. The van der Waals surface area contributed by atoms with E-state index in [4.69, 9.17) is 9.47 Å². The van der Waals surface area contributed by atoms with Gasteiger partial charge in [0.25, 0.3) is 0 Å². The summed E-state index contributed by atoms with van der Waals surface area (Å²) < 4.78 is 46.6. The molecule has 10 atom stereocenters. The van der Waals surface area contributed by atoms with Gasteiger partial charge in [-0.3, -0.25) is 0 Å². The van der Waals surface area contributed by atoms with Gasteiger partial charge in [0, 0.05) is 62.8 Å². The summed E-state index contributed by atoms with van der Waals surface area (Å²) in [5.41, 5.74) is 2.33. The fourth-order valence-electron chi connectivity index (χ4n) is 12.7. The molecule has 7 aliphatic rings. The molecule has 0 spiro atoms. The normalized spacial score (nSPS) is 32.3. The van der Waals surface area contributed by atoms with E-state index in [9.17, 15) is 0 Å². The molecular weight excluding hydrogens is 867 g/mol. The molecule has 6 nitrogen and oxygen atoms in total. The van der Waals surface area contributed by atoms with Crippen LogP contribution in [0.5, 0.6) is 0 Å². The molecule has 64 heavy (non-hydrogen) atoms. The Bertz CT molecular complexity index is 2690. The largest absolute Gasteiger partial charge is 0.371 e. The van der Waals surface area contributed by atoms with Gasteiger partial charge < -0.3 is 28.4 Å². The maximum atomic E-state index is 15.9. The quantitative estimate of drug-likeness (QED) is 0.162. The summed E-state index contributed by atoms with van der Waals surface area (Å²) >= 11 is 3.50. The Kier molecular flexibility index (Phi) is 9.96. The Hall–Kier alpha value is -4.00. The van der Waals surface area contributed by atoms with E-state index >= 15 is 9.13 Å². The van der Waals surface area contributed by atoms with E-state index in [1.165, 1.54) is 25.7 Å². The molecule has 4 aliphatic heterocycles. The van der Waals surface area contributed by atoms with E-state index in [0.29, 0.717) is 0 Å². The van der Waals surface area contributed by atoms with Crippen LogP contribution in [0.2, 0.25) is 0 Å². The smallest absolute Gasteiger partial charge is 0.173 e. The Labute approximate surface area is 385 Å². The van der Waals surface area contributed by atoms with E-state index in [0.717, 1.165) is 101 Å². The van der Waals surface area contributed by atoms with Crippen molar-refractivity contribution in [1.29, 1.82) is 0 Å². The monoisotopic (exact) mass is 918 g/mol. The first-order chi connectivity index (χ1) is 31.5. The highest BCUT2D eigenvalue weighted by Gasteiger charge is 2.55. The number of ether oxygens (including phenoxy) is 2. The van der Waals surface area contributed by atoms with Gasteiger partial charge in [-0.1, -0.05) is 134 Å². The van der Waals surface area contributed by atoms with Crippen molar-refractivity contribution in [1.82, 2.24) is 0 Å². The highest BCUT2D eigenvalue weighted by atomic mass is 32.2. The van der Waals surface area contributed by atoms with Gasteiger partial charge in [0.1, 0.15) is 0 Å². The van der Waals surface area contributed by atoms with Crippen molar-refractivity contribution in [3.05, 3.63) is 146 Å². The lowest BCUT2D eigenvalue weighted by Gasteiger charge is -2.61. The molecule has 4 heterocycles. The van der Waals surface area contributed by atoms with Crippen molar-refractivity contribution in [3.8, 4) is 0 Å². The summed E-state index contributed by atoms with van der Waals surface area (Å²) in [7, 11) is -6.33. The zero-order valence-electron chi connectivity index (χ0n) is 35.8. The zero-order chi connectivity index (χ0) is 42.6. The lowest BCUT2D eigenvalue weighted by atomic mass is 9.76. The predicted molar refractivity (Wildman–Crippen MR) is 264 cm³/mol. The molecule has 5 fully saturated rings. The van der Waals surface area contributed by atoms with E-state index < -0.39 is 14.3 Å². The third-order valence-corrected chi connectivity index (χ3v) is 24.7. The first kappa shape index (κ1) is 40.3. The molecule has 6 aromatic rings. The van der Waals surface area contributed by atoms with Crippen molar-refractivity contribution in [2.45, 2.75) is 132 Å². The molecule has 2 saturated heterocycles. The third kappa shape index (κ3) is 6.22. The molecule has 13 rings (SSSR count). The number of fused-ring (bicyclic) bond motifs is 8. The number of nitrogens with zero attached hydrogens (tertiary/aromatic N) is 2. The van der Waals surface area contributed by atoms with Crippen LogP contribution in [0.3, 0.4) is 0 Å². The van der Waals surface area contributed by atoms with Crippen LogP contribution in [0, 0.1) is 0 Å². The van der Waals surface area contributed by atoms with Crippen LogP contribution >= 0.6 is 37.8 Å². The predicted octanol–water partition coefficient (Wildman–Crippen LogP) is 10.2. The Balaban J connectivity index is 0.901. The van der Waals surface area contributed by atoms with Crippen LogP contribution in [0.25, 0.3) is 0 Å². The van der Waals surface area contributed by atoms with Crippen LogP contribution in [0.1, 0.15) is 64.2 Å². The first-order valence-corrected chi connectivity index (χ1v) is 28.5. The molecule has 10 heteroatoms. The third-order valence-electron chi connectivity index (χ3n) is 15.5. The van der Waals surface area contributed by atoms with E-state index in [1.807, 2.05) is 48.5 Å². The van der Waals surface area contributed by atoms with E-state index in [-0.39, 0.29) is 48.6 Å². The highest BCUT2D eigenvalue weighted by Crippen LogP contribution is 2.56. The fraction of sp³-hybridized carbons (Fsp3) is 0.333. The minimum atomic E-state index is -3.17. The highest BCUT2D eigenvalue weighted by molar-refractivity contribution is 8.03. The lowest BCUT2D eigenvalue weighted by molar-refractivity contribution is -0.154. The second-order valence-corrected chi connectivity index (χ2v) is 26.4. The topological polar surface area (TPSA) is 59.1 Å². The van der Waals surface area contributed by atoms with Crippen molar-refractivity contribution < 1.29 is 18.6 Å². The van der Waals surface area contributed by atoms with Crippen molar-refractivity contribution in [2.75, 3.05) is 9.80 Å². The maximum Gasteiger partial charge on any atom is 0.173 e. The minimum absolute atomic E-state index is 0.00868. The number of anilines is 2. The van der Waals surface area contributed by atoms with Gasteiger partial charge in [-0.15, -0.1) is 0 Å². The summed E-state index contributed by atoms with van der Waals surface area (Å²) in [6, 6.07) is 51.4. The Morgan fingerprint density at radius 2 is 0.797 bits per heavy atom. The molecule has 10 unspecified atom stereocenters. The first-order valence-electron chi connectivity index (χ1n) is 23.5. The van der Waals surface area contributed by atoms with Gasteiger partial charge in [-0.2, -0.15) is 0 Å². The average molecular weight is 919 g/mol.